The zero-order valence-electron chi connectivity index (χ0n) is 10.4. The summed E-state index contributed by atoms with van der Waals surface area (Å²) in [5, 5.41) is 4.67. The fourth-order valence-electron chi connectivity index (χ4n) is 2.83. The minimum Gasteiger partial charge on any atom is -0.361 e. The lowest BCUT2D eigenvalue weighted by atomic mass is 9.86. The van der Waals surface area contributed by atoms with E-state index in [9.17, 15) is 0 Å². The van der Waals surface area contributed by atoms with E-state index >= 15 is 0 Å². The Morgan fingerprint density at radius 3 is 2.67 bits per heavy atom. The number of hydrogen-bond donors (Lipinski definition) is 3. The van der Waals surface area contributed by atoms with E-state index in [1.165, 1.54) is 29.3 Å². The third-order valence-electron chi connectivity index (χ3n) is 3.87. The van der Waals surface area contributed by atoms with E-state index in [4.69, 9.17) is 5.73 Å². The van der Waals surface area contributed by atoms with Crippen LogP contribution < -0.4 is 11.1 Å². The molecule has 3 rings (SSSR count). The molecule has 2 aromatic rings. The fourth-order valence-corrected chi connectivity index (χ4v) is 2.83. The van der Waals surface area contributed by atoms with E-state index in [0.29, 0.717) is 5.92 Å². The topological polar surface area (TPSA) is 53.8 Å². The van der Waals surface area contributed by atoms with Crippen LogP contribution in [0.5, 0.6) is 0 Å². The van der Waals surface area contributed by atoms with Crippen molar-refractivity contribution in [3.8, 4) is 0 Å². The molecule has 3 nitrogen and oxygen atoms in total. The van der Waals surface area contributed by atoms with Crippen LogP contribution in [0.4, 0.5) is 0 Å². The third-order valence-corrected chi connectivity index (χ3v) is 3.87. The summed E-state index contributed by atoms with van der Waals surface area (Å²) in [6.07, 6.45) is 4.44. The second-order valence-corrected chi connectivity index (χ2v) is 4.90. The summed E-state index contributed by atoms with van der Waals surface area (Å²) in [4.78, 5) is 3.31. The van der Waals surface area contributed by atoms with E-state index in [2.05, 4.69) is 40.8 Å². The summed E-state index contributed by atoms with van der Waals surface area (Å²) < 4.78 is 0. The van der Waals surface area contributed by atoms with Gasteiger partial charge in [0.15, 0.2) is 0 Å². The van der Waals surface area contributed by atoms with Crippen molar-refractivity contribution in [3.05, 3.63) is 36.0 Å². The largest absolute Gasteiger partial charge is 0.361 e. The van der Waals surface area contributed by atoms with Crippen LogP contribution in [0.3, 0.4) is 0 Å². The van der Waals surface area contributed by atoms with Gasteiger partial charge in [-0.25, -0.2) is 0 Å². The Bertz CT molecular complexity index is 502. The third kappa shape index (κ3) is 2.39. The molecular formula is C14H20ClN3. The highest BCUT2D eigenvalue weighted by molar-refractivity contribution is 5.85. The summed E-state index contributed by atoms with van der Waals surface area (Å²) in [6.45, 7) is 2.20. The van der Waals surface area contributed by atoms with Crippen molar-refractivity contribution < 1.29 is 0 Å². The van der Waals surface area contributed by atoms with Gasteiger partial charge in [-0.05, 0) is 43.5 Å². The smallest absolute Gasteiger partial charge is 0.0457 e. The second-order valence-electron chi connectivity index (χ2n) is 4.90. The molecule has 0 bridgehead atoms. The van der Waals surface area contributed by atoms with Crippen LogP contribution in [0.25, 0.3) is 10.9 Å². The molecule has 0 aliphatic carbocycles. The summed E-state index contributed by atoms with van der Waals surface area (Å²) in [5.74, 6) is 0.607. The van der Waals surface area contributed by atoms with Crippen molar-refractivity contribution in [1.82, 2.24) is 10.3 Å². The monoisotopic (exact) mass is 265 g/mol. The van der Waals surface area contributed by atoms with Crippen molar-refractivity contribution in [2.75, 3.05) is 13.1 Å². The molecule has 4 heteroatoms. The van der Waals surface area contributed by atoms with Gasteiger partial charge in [0, 0.05) is 23.1 Å². The number of rotatable bonds is 2. The number of hydrogen-bond acceptors (Lipinski definition) is 2. The van der Waals surface area contributed by atoms with Gasteiger partial charge in [0.05, 0.1) is 0 Å². The predicted molar refractivity (Wildman–Crippen MR) is 78.1 cm³/mol. The molecule has 2 heterocycles. The number of fused-ring (bicyclic) bond motifs is 1. The molecule has 0 unspecified atom stereocenters. The Morgan fingerprint density at radius 2 is 1.89 bits per heavy atom. The lowest BCUT2D eigenvalue weighted by Crippen LogP contribution is -2.33. The first-order chi connectivity index (χ1) is 8.36. The van der Waals surface area contributed by atoms with Crippen LogP contribution in [-0.4, -0.2) is 18.1 Å². The maximum absolute atomic E-state index is 6.43. The highest BCUT2D eigenvalue weighted by Crippen LogP contribution is 2.31. The van der Waals surface area contributed by atoms with E-state index < -0.39 is 0 Å². The highest BCUT2D eigenvalue weighted by Gasteiger charge is 2.23. The first-order valence-corrected chi connectivity index (χ1v) is 6.38. The second kappa shape index (κ2) is 5.74. The average molecular weight is 266 g/mol. The molecule has 1 aliphatic heterocycles. The quantitative estimate of drug-likeness (QED) is 0.782. The summed E-state index contributed by atoms with van der Waals surface area (Å²) >= 11 is 0. The first-order valence-electron chi connectivity index (χ1n) is 6.38. The molecule has 1 aliphatic rings. The maximum atomic E-state index is 6.43. The van der Waals surface area contributed by atoms with Gasteiger partial charge in [0.2, 0.25) is 0 Å². The number of aromatic nitrogens is 1. The molecule has 1 fully saturated rings. The summed E-state index contributed by atoms with van der Waals surface area (Å²) in [6, 6.07) is 8.55. The molecule has 1 aromatic carbocycles. The molecule has 98 valence electrons. The van der Waals surface area contributed by atoms with E-state index in [0.717, 1.165) is 13.1 Å². The average Bonchev–Trinajstić information content (AvgIpc) is 2.83. The Labute approximate surface area is 114 Å². The molecule has 0 spiro atoms. The number of nitrogens with one attached hydrogen (secondary N) is 2. The molecule has 0 saturated carbocycles. The number of halogens is 1. The van der Waals surface area contributed by atoms with Gasteiger partial charge in [-0.3, -0.25) is 0 Å². The number of H-pyrrole nitrogens is 1. The van der Waals surface area contributed by atoms with Gasteiger partial charge in [0.25, 0.3) is 0 Å². The van der Waals surface area contributed by atoms with Gasteiger partial charge < -0.3 is 16.0 Å². The lowest BCUT2D eigenvalue weighted by Gasteiger charge is -2.28. The number of para-hydroxylation sites is 1. The van der Waals surface area contributed by atoms with E-state index in [1.807, 2.05) is 0 Å². The lowest BCUT2D eigenvalue weighted by molar-refractivity contribution is 0.323. The zero-order valence-corrected chi connectivity index (χ0v) is 11.2. The van der Waals surface area contributed by atoms with Gasteiger partial charge in [-0.15, -0.1) is 12.4 Å². The van der Waals surface area contributed by atoms with Crippen LogP contribution in [-0.2, 0) is 0 Å². The minimum atomic E-state index is 0. The predicted octanol–water partition coefficient (Wildman–Crippen LogP) is 2.59. The van der Waals surface area contributed by atoms with Crippen molar-refractivity contribution >= 4 is 23.3 Å². The molecule has 0 amide bonds. The number of nitrogens with two attached hydrogens (primary N) is 1. The molecule has 18 heavy (non-hydrogen) atoms. The SMILES string of the molecule is Cl.N[C@@H](c1c[nH]c2ccccc12)C1CCNCC1. The van der Waals surface area contributed by atoms with Crippen molar-refractivity contribution in [2.24, 2.45) is 11.7 Å². The van der Waals surface area contributed by atoms with Crippen molar-refractivity contribution in [3.63, 3.8) is 0 Å². The standard InChI is InChI=1S/C14H19N3.ClH/c15-14(10-5-7-16-8-6-10)12-9-17-13-4-2-1-3-11(12)13;/h1-4,9-10,14,16-17H,5-8,15H2;1H/t14-;/m1./s1. The molecule has 1 aromatic heterocycles. The Hall–Kier alpha value is -1.03. The fraction of sp³-hybridized carbons (Fsp3) is 0.429. The van der Waals surface area contributed by atoms with Crippen LogP contribution >= 0.6 is 12.4 Å². The van der Waals surface area contributed by atoms with Gasteiger partial charge in [-0.1, -0.05) is 18.2 Å². The summed E-state index contributed by atoms with van der Waals surface area (Å²) in [7, 11) is 0. The van der Waals surface area contributed by atoms with Gasteiger partial charge >= 0.3 is 0 Å². The Morgan fingerprint density at radius 1 is 1.17 bits per heavy atom. The normalized spacial score (nSPS) is 18.5. The Kier molecular flexibility index (Phi) is 4.27. The van der Waals surface area contributed by atoms with Gasteiger partial charge in [0.1, 0.15) is 0 Å². The van der Waals surface area contributed by atoms with Crippen LogP contribution in [0, 0.1) is 5.92 Å². The van der Waals surface area contributed by atoms with Crippen LogP contribution in [0.2, 0.25) is 0 Å². The molecule has 4 N–H and O–H groups in total. The van der Waals surface area contributed by atoms with Crippen LogP contribution in [0.15, 0.2) is 30.5 Å². The van der Waals surface area contributed by atoms with Gasteiger partial charge in [-0.2, -0.15) is 0 Å². The molecule has 0 radical (unpaired) electrons. The van der Waals surface area contributed by atoms with E-state index in [-0.39, 0.29) is 18.4 Å². The van der Waals surface area contributed by atoms with Crippen molar-refractivity contribution in [2.45, 2.75) is 18.9 Å². The maximum Gasteiger partial charge on any atom is 0.0457 e. The number of aromatic amines is 1. The summed E-state index contributed by atoms with van der Waals surface area (Å²) in [5.41, 5.74) is 8.89. The number of benzene rings is 1. The molecular weight excluding hydrogens is 246 g/mol. The zero-order chi connectivity index (χ0) is 11.7. The Balaban J connectivity index is 0.00000120. The van der Waals surface area contributed by atoms with E-state index in [1.54, 1.807) is 0 Å². The highest BCUT2D eigenvalue weighted by atomic mass is 35.5. The minimum absolute atomic E-state index is 0. The molecule has 1 atom stereocenters. The van der Waals surface area contributed by atoms with Crippen molar-refractivity contribution in [1.29, 1.82) is 0 Å². The first kappa shape index (κ1) is 13.4. The molecule has 1 saturated heterocycles. The van der Waals surface area contributed by atoms with Crippen LogP contribution in [0.1, 0.15) is 24.4 Å². The number of piperidine rings is 1.